The van der Waals surface area contributed by atoms with Crippen molar-refractivity contribution in [1.29, 1.82) is 0 Å². The van der Waals surface area contributed by atoms with Crippen molar-refractivity contribution in [1.82, 2.24) is 10.2 Å². The van der Waals surface area contributed by atoms with Gasteiger partial charge in [0.05, 0.1) is 6.42 Å². The lowest BCUT2D eigenvalue weighted by Crippen LogP contribution is -2.51. The first-order valence-electron chi connectivity index (χ1n) is 12.1. The molecule has 3 aromatic carbocycles. The summed E-state index contributed by atoms with van der Waals surface area (Å²) in [5.41, 5.74) is 5.22. The number of halogens is 1. The third-order valence-corrected chi connectivity index (χ3v) is 6.33. The van der Waals surface area contributed by atoms with Gasteiger partial charge in [0.15, 0.2) is 0 Å². The number of benzene rings is 3. The molecule has 0 saturated carbocycles. The van der Waals surface area contributed by atoms with Crippen LogP contribution in [-0.2, 0) is 29.0 Å². The molecule has 184 valence electrons. The molecule has 3 aromatic rings. The number of carbonyl (C=O) groups is 2. The summed E-state index contributed by atoms with van der Waals surface area (Å²) in [6.45, 7) is 9.14. The van der Waals surface area contributed by atoms with E-state index in [1.165, 1.54) is 0 Å². The highest BCUT2D eigenvalue weighted by molar-refractivity contribution is 9.10. The van der Waals surface area contributed by atoms with Gasteiger partial charge in [-0.15, -0.1) is 0 Å². The van der Waals surface area contributed by atoms with Crippen LogP contribution in [0.4, 0.5) is 0 Å². The number of carbonyl (C=O) groups excluding carboxylic acids is 2. The predicted octanol–water partition coefficient (Wildman–Crippen LogP) is 6.02. The van der Waals surface area contributed by atoms with Crippen LogP contribution < -0.4 is 5.32 Å². The second-order valence-corrected chi connectivity index (χ2v) is 10.6. The minimum atomic E-state index is -0.617. The van der Waals surface area contributed by atoms with Crippen molar-refractivity contribution >= 4 is 27.7 Å². The van der Waals surface area contributed by atoms with E-state index >= 15 is 0 Å². The quantitative estimate of drug-likeness (QED) is 0.345. The van der Waals surface area contributed by atoms with Crippen LogP contribution in [0.15, 0.2) is 77.3 Å². The highest BCUT2D eigenvalue weighted by Crippen LogP contribution is 2.20. The van der Waals surface area contributed by atoms with Crippen LogP contribution in [0.5, 0.6) is 0 Å². The van der Waals surface area contributed by atoms with Gasteiger partial charge in [-0.25, -0.2) is 0 Å². The van der Waals surface area contributed by atoms with Gasteiger partial charge in [-0.3, -0.25) is 9.59 Å². The molecule has 2 amide bonds. The van der Waals surface area contributed by atoms with Gasteiger partial charge in [-0.2, -0.15) is 0 Å². The van der Waals surface area contributed by atoms with E-state index in [0.29, 0.717) is 25.4 Å². The number of rotatable bonds is 10. The summed E-state index contributed by atoms with van der Waals surface area (Å²) in [7, 11) is 0. The topological polar surface area (TPSA) is 49.4 Å². The van der Waals surface area contributed by atoms with Crippen molar-refractivity contribution in [3.05, 3.63) is 105 Å². The van der Waals surface area contributed by atoms with Crippen LogP contribution in [0.25, 0.3) is 0 Å². The lowest BCUT2D eigenvalue weighted by molar-refractivity contribution is -0.140. The number of nitrogens with one attached hydrogen (secondary N) is 1. The average Bonchev–Trinajstić information content (AvgIpc) is 2.79. The molecule has 1 atom stereocenters. The van der Waals surface area contributed by atoms with Gasteiger partial charge < -0.3 is 10.2 Å². The maximum Gasteiger partial charge on any atom is 0.243 e. The molecule has 0 aliphatic rings. The van der Waals surface area contributed by atoms with Crippen LogP contribution in [0.3, 0.4) is 0 Å². The summed E-state index contributed by atoms with van der Waals surface area (Å²) < 4.78 is 0.945. The highest BCUT2D eigenvalue weighted by atomic mass is 79.9. The van der Waals surface area contributed by atoms with E-state index in [-0.39, 0.29) is 18.2 Å². The molecule has 0 saturated heterocycles. The monoisotopic (exact) mass is 534 g/mol. The largest absolute Gasteiger partial charge is 0.354 e. The molecule has 0 unspecified atom stereocenters. The Morgan fingerprint density at radius 3 is 2.14 bits per heavy atom. The van der Waals surface area contributed by atoms with Crippen molar-refractivity contribution in [3.63, 3.8) is 0 Å². The molecular formula is C30H35BrN2O2. The minimum absolute atomic E-state index is 0.0596. The molecule has 35 heavy (non-hydrogen) atoms. The summed E-state index contributed by atoms with van der Waals surface area (Å²) in [5, 5.41) is 3.07. The van der Waals surface area contributed by atoms with Gasteiger partial charge in [-0.05, 0) is 48.6 Å². The van der Waals surface area contributed by atoms with Gasteiger partial charge in [0.2, 0.25) is 11.8 Å². The Balaban J connectivity index is 1.97. The van der Waals surface area contributed by atoms with E-state index in [0.717, 1.165) is 32.3 Å². The number of nitrogens with zero attached hydrogens (tertiary/aromatic N) is 1. The average molecular weight is 536 g/mol. The van der Waals surface area contributed by atoms with Gasteiger partial charge >= 0.3 is 0 Å². The fourth-order valence-electron chi connectivity index (χ4n) is 4.26. The summed E-state index contributed by atoms with van der Waals surface area (Å²) in [4.78, 5) is 29.1. The Kier molecular flexibility index (Phi) is 9.67. The van der Waals surface area contributed by atoms with Crippen LogP contribution in [0.2, 0.25) is 0 Å². The number of amides is 2. The van der Waals surface area contributed by atoms with Crippen molar-refractivity contribution < 1.29 is 9.59 Å². The van der Waals surface area contributed by atoms with Crippen molar-refractivity contribution in [3.8, 4) is 0 Å². The molecule has 0 heterocycles. The number of hydrogen-bond donors (Lipinski definition) is 1. The first-order chi connectivity index (χ1) is 16.7. The molecule has 3 rings (SSSR count). The van der Waals surface area contributed by atoms with E-state index in [1.54, 1.807) is 4.90 Å². The molecule has 1 N–H and O–H groups in total. The molecule has 0 aliphatic carbocycles. The van der Waals surface area contributed by atoms with Crippen LogP contribution >= 0.6 is 15.9 Å². The fraction of sp³-hybridized carbons (Fsp3) is 0.333. The lowest BCUT2D eigenvalue weighted by Gasteiger charge is -2.32. The Morgan fingerprint density at radius 2 is 1.51 bits per heavy atom. The molecule has 5 heteroatoms. The van der Waals surface area contributed by atoms with Gasteiger partial charge in [0.1, 0.15) is 6.04 Å². The van der Waals surface area contributed by atoms with Gasteiger partial charge in [0.25, 0.3) is 0 Å². The Labute approximate surface area is 217 Å². The number of hydrogen-bond acceptors (Lipinski definition) is 2. The maximum absolute atomic E-state index is 13.8. The summed E-state index contributed by atoms with van der Waals surface area (Å²) >= 11 is 3.54. The predicted molar refractivity (Wildman–Crippen MR) is 146 cm³/mol. The highest BCUT2D eigenvalue weighted by Gasteiger charge is 2.30. The fourth-order valence-corrected chi connectivity index (χ4v) is 4.70. The zero-order valence-electron chi connectivity index (χ0n) is 21.1. The molecule has 0 spiro atoms. The molecule has 0 radical (unpaired) electrons. The summed E-state index contributed by atoms with van der Waals surface area (Å²) in [6, 6.07) is 23.4. The van der Waals surface area contributed by atoms with Gasteiger partial charge in [-0.1, -0.05) is 102 Å². The molecule has 0 bridgehead atoms. The lowest BCUT2D eigenvalue weighted by atomic mass is 10.00. The first-order valence-corrected chi connectivity index (χ1v) is 12.9. The summed E-state index contributed by atoms with van der Waals surface area (Å²) in [5.74, 6) is 0.141. The van der Waals surface area contributed by atoms with Crippen molar-refractivity contribution in [2.75, 3.05) is 6.54 Å². The third kappa shape index (κ3) is 8.36. The first kappa shape index (κ1) is 26.7. The standard InChI is InChI=1S/C30H35BrN2O2/c1-21(2)19-32-30(35)28(17-24-9-6-5-7-10-24)33(20-25-11-8-12-27(31)16-25)29(34)18-26-14-22(3)13-23(4)15-26/h5-16,21,28H,17-20H2,1-4H3,(H,32,35)/t28-/m0/s1. The van der Waals surface area contributed by atoms with E-state index in [4.69, 9.17) is 0 Å². The van der Waals surface area contributed by atoms with E-state index in [1.807, 2.05) is 80.6 Å². The second-order valence-electron chi connectivity index (χ2n) is 9.67. The zero-order chi connectivity index (χ0) is 25.4. The van der Waals surface area contributed by atoms with Crippen molar-refractivity contribution in [2.45, 2.75) is 53.1 Å². The van der Waals surface area contributed by atoms with E-state index in [9.17, 15) is 9.59 Å². The van der Waals surface area contributed by atoms with Crippen LogP contribution in [0, 0.1) is 19.8 Å². The van der Waals surface area contributed by atoms with Crippen LogP contribution in [-0.4, -0.2) is 29.3 Å². The Bertz CT molecular complexity index is 1120. The molecular weight excluding hydrogens is 500 g/mol. The second kappa shape index (κ2) is 12.7. The normalized spacial score (nSPS) is 11.8. The molecule has 0 fully saturated rings. The van der Waals surface area contributed by atoms with Crippen LogP contribution in [0.1, 0.15) is 41.7 Å². The van der Waals surface area contributed by atoms with E-state index < -0.39 is 6.04 Å². The summed E-state index contributed by atoms with van der Waals surface area (Å²) in [6.07, 6.45) is 0.705. The zero-order valence-corrected chi connectivity index (χ0v) is 22.6. The SMILES string of the molecule is Cc1cc(C)cc(CC(=O)N(Cc2cccc(Br)c2)[C@@H](Cc2ccccc2)C(=O)NCC(C)C)c1. The maximum atomic E-state index is 13.8. The Morgan fingerprint density at radius 1 is 0.857 bits per heavy atom. The molecule has 4 nitrogen and oxygen atoms in total. The van der Waals surface area contributed by atoms with Crippen molar-refractivity contribution in [2.24, 2.45) is 5.92 Å². The van der Waals surface area contributed by atoms with E-state index in [2.05, 4.69) is 41.2 Å². The number of aryl methyl sites for hydroxylation is 2. The smallest absolute Gasteiger partial charge is 0.243 e. The van der Waals surface area contributed by atoms with Gasteiger partial charge in [0, 0.05) is 24.0 Å². The molecule has 0 aliphatic heterocycles. The minimum Gasteiger partial charge on any atom is -0.354 e. The third-order valence-electron chi connectivity index (χ3n) is 5.83. The molecule has 0 aromatic heterocycles. The Hall–Kier alpha value is -2.92.